The maximum Gasteiger partial charge on any atom is 0.129 e. The molecular weight excluding hydrogens is 349 g/mol. The van der Waals surface area contributed by atoms with Crippen LogP contribution in [0.2, 0.25) is 0 Å². The van der Waals surface area contributed by atoms with E-state index in [1.54, 1.807) is 6.07 Å². The van der Waals surface area contributed by atoms with Crippen molar-refractivity contribution in [2.75, 3.05) is 20.1 Å². The Morgan fingerprint density at radius 2 is 1.86 bits per heavy atom. The van der Waals surface area contributed by atoms with Gasteiger partial charge in [-0.15, -0.1) is 0 Å². The summed E-state index contributed by atoms with van der Waals surface area (Å²) >= 11 is 3.47. The second-order valence-electron chi connectivity index (χ2n) is 7.29. The minimum atomic E-state index is -1.23. The fourth-order valence-corrected chi connectivity index (χ4v) is 4.92. The lowest BCUT2D eigenvalue weighted by molar-refractivity contribution is -0.158. The summed E-state index contributed by atoms with van der Waals surface area (Å²) in [5, 5.41) is 22.4. The monoisotopic (exact) mass is 371 g/mol. The molecule has 1 aliphatic carbocycles. The van der Waals surface area contributed by atoms with E-state index in [1.165, 1.54) is 6.07 Å². The first-order valence-corrected chi connectivity index (χ1v) is 8.58. The quantitative estimate of drug-likeness (QED) is 0.796. The Labute approximate surface area is 139 Å². The summed E-state index contributed by atoms with van der Waals surface area (Å²) in [7, 11) is 2.07. The Morgan fingerprint density at radius 3 is 2.45 bits per heavy atom. The summed E-state index contributed by atoms with van der Waals surface area (Å²) in [6.45, 7) is 5.48. The number of halogens is 2. The second-order valence-corrected chi connectivity index (χ2v) is 8.14. The van der Waals surface area contributed by atoms with Crippen molar-refractivity contribution in [3.63, 3.8) is 0 Å². The second kappa shape index (κ2) is 5.26. The molecule has 3 rings (SSSR count). The standard InChI is InChI=1S/C17H23BrFNO2/c1-16(2)15(21)13-12(19)5-4-11(18)14(13)17(16,22)10-6-8-20(3)9-7-10/h4-5,10,15,21-22H,6-9H2,1-3H3/t15-,17+/m1/s1. The fraction of sp³-hybridized carbons (Fsp3) is 0.647. The summed E-state index contributed by atoms with van der Waals surface area (Å²) in [5.41, 5.74) is -1.27. The Hall–Kier alpha value is -0.490. The molecule has 1 aliphatic heterocycles. The first kappa shape index (κ1) is 16.4. The van der Waals surface area contributed by atoms with Crippen LogP contribution in [0.4, 0.5) is 4.39 Å². The van der Waals surface area contributed by atoms with Crippen LogP contribution in [0.1, 0.15) is 43.9 Å². The molecule has 22 heavy (non-hydrogen) atoms. The molecule has 122 valence electrons. The Bertz CT molecular complexity index is 599. The van der Waals surface area contributed by atoms with E-state index in [0.717, 1.165) is 25.9 Å². The van der Waals surface area contributed by atoms with Crippen LogP contribution in [0, 0.1) is 17.2 Å². The van der Waals surface area contributed by atoms with Gasteiger partial charge in [0.25, 0.3) is 0 Å². The molecule has 2 aliphatic rings. The van der Waals surface area contributed by atoms with Crippen molar-refractivity contribution in [2.24, 2.45) is 11.3 Å². The van der Waals surface area contributed by atoms with Gasteiger partial charge in [0.1, 0.15) is 11.4 Å². The molecule has 1 heterocycles. The number of fused-ring (bicyclic) bond motifs is 1. The number of aliphatic hydroxyl groups is 2. The maximum atomic E-state index is 14.3. The molecular formula is C17H23BrFNO2. The highest BCUT2D eigenvalue weighted by Crippen LogP contribution is 2.62. The van der Waals surface area contributed by atoms with Crippen LogP contribution in [0.5, 0.6) is 0 Å². The topological polar surface area (TPSA) is 43.7 Å². The summed E-state index contributed by atoms with van der Waals surface area (Å²) in [6.07, 6.45) is 0.668. The van der Waals surface area contributed by atoms with Gasteiger partial charge >= 0.3 is 0 Å². The Morgan fingerprint density at radius 1 is 1.27 bits per heavy atom. The molecule has 2 atom stereocenters. The minimum absolute atomic E-state index is 0.00713. The van der Waals surface area contributed by atoms with Gasteiger partial charge in [0.2, 0.25) is 0 Å². The van der Waals surface area contributed by atoms with E-state index in [2.05, 4.69) is 27.9 Å². The highest BCUT2D eigenvalue weighted by atomic mass is 79.9. The molecule has 0 radical (unpaired) electrons. The molecule has 2 N–H and O–H groups in total. The van der Waals surface area contributed by atoms with Gasteiger partial charge in [0.05, 0.1) is 6.10 Å². The summed E-state index contributed by atoms with van der Waals surface area (Å²) in [4.78, 5) is 2.24. The number of piperidine rings is 1. The lowest BCUT2D eigenvalue weighted by atomic mass is 9.65. The summed E-state index contributed by atoms with van der Waals surface area (Å²) < 4.78 is 15.0. The van der Waals surface area contributed by atoms with E-state index >= 15 is 0 Å². The van der Waals surface area contributed by atoms with Gasteiger partial charge in [-0.05, 0) is 51.0 Å². The van der Waals surface area contributed by atoms with Crippen LogP contribution in [-0.2, 0) is 5.60 Å². The molecule has 3 nitrogen and oxygen atoms in total. The lowest BCUT2D eigenvalue weighted by Crippen LogP contribution is -2.50. The number of hydrogen-bond donors (Lipinski definition) is 2. The zero-order valence-corrected chi connectivity index (χ0v) is 14.8. The molecule has 1 aromatic carbocycles. The normalized spacial score (nSPS) is 32.2. The van der Waals surface area contributed by atoms with Gasteiger partial charge in [0, 0.05) is 21.0 Å². The minimum Gasteiger partial charge on any atom is -0.388 e. The molecule has 0 amide bonds. The van der Waals surface area contributed by atoms with E-state index in [4.69, 9.17) is 0 Å². The zero-order chi connectivity index (χ0) is 16.3. The molecule has 0 spiro atoms. The van der Waals surface area contributed by atoms with Gasteiger partial charge in [-0.1, -0.05) is 29.8 Å². The van der Waals surface area contributed by atoms with Crippen LogP contribution in [0.3, 0.4) is 0 Å². The average Bonchev–Trinajstić information content (AvgIpc) is 2.63. The molecule has 1 fully saturated rings. The van der Waals surface area contributed by atoms with Crippen molar-refractivity contribution < 1.29 is 14.6 Å². The third-order valence-corrected chi connectivity index (χ3v) is 6.43. The predicted molar refractivity (Wildman–Crippen MR) is 87.0 cm³/mol. The summed E-state index contributed by atoms with van der Waals surface area (Å²) in [6, 6.07) is 2.98. The number of likely N-dealkylation sites (tertiary alicyclic amines) is 1. The van der Waals surface area contributed by atoms with Gasteiger partial charge in [0.15, 0.2) is 0 Å². The van der Waals surface area contributed by atoms with Crippen LogP contribution < -0.4 is 0 Å². The molecule has 0 saturated carbocycles. The zero-order valence-electron chi connectivity index (χ0n) is 13.2. The molecule has 5 heteroatoms. The van der Waals surface area contributed by atoms with E-state index < -0.39 is 22.9 Å². The number of hydrogen-bond acceptors (Lipinski definition) is 3. The van der Waals surface area contributed by atoms with Crippen molar-refractivity contribution in [3.05, 3.63) is 33.5 Å². The van der Waals surface area contributed by atoms with Crippen LogP contribution in [-0.4, -0.2) is 35.3 Å². The SMILES string of the molecule is CN1CCC([C@]2(O)c3c(Br)ccc(F)c3[C@@H](O)C2(C)C)CC1. The first-order valence-electron chi connectivity index (χ1n) is 7.78. The lowest BCUT2D eigenvalue weighted by Gasteiger charge is -2.47. The van der Waals surface area contributed by atoms with Gasteiger partial charge in [-0.3, -0.25) is 0 Å². The highest BCUT2D eigenvalue weighted by Gasteiger charge is 2.61. The smallest absolute Gasteiger partial charge is 0.129 e. The third kappa shape index (κ3) is 2.02. The average molecular weight is 372 g/mol. The van der Waals surface area contributed by atoms with Gasteiger partial charge in [-0.25, -0.2) is 4.39 Å². The summed E-state index contributed by atoms with van der Waals surface area (Å²) in [5.74, 6) is -0.435. The van der Waals surface area contributed by atoms with Crippen LogP contribution >= 0.6 is 15.9 Å². The van der Waals surface area contributed by atoms with Crippen molar-refractivity contribution >= 4 is 15.9 Å². The van der Waals surface area contributed by atoms with E-state index in [0.29, 0.717) is 10.0 Å². The largest absolute Gasteiger partial charge is 0.388 e. The molecule has 0 bridgehead atoms. The highest BCUT2D eigenvalue weighted by molar-refractivity contribution is 9.10. The predicted octanol–water partition coefficient (Wildman–Crippen LogP) is 3.19. The number of aliphatic hydroxyl groups excluding tert-OH is 1. The van der Waals surface area contributed by atoms with Crippen LogP contribution in [0.15, 0.2) is 16.6 Å². The molecule has 0 unspecified atom stereocenters. The third-order valence-electron chi connectivity index (χ3n) is 5.77. The molecule has 0 aromatic heterocycles. The van der Waals surface area contributed by atoms with Crippen LogP contribution in [0.25, 0.3) is 0 Å². The molecule has 1 saturated heterocycles. The Balaban J connectivity index is 2.17. The molecule has 1 aromatic rings. The van der Waals surface area contributed by atoms with Crippen molar-refractivity contribution in [2.45, 2.75) is 38.4 Å². The number of rotatable bonds is 1. The van der Waals surface area contributed by atoms with Crippen molar-refractivity contribution in [1.29, 1.82) is 0 Å². The first-order chi connectivity index (χ1) is 10.2. The Kier molecular flexibility index (Phi) is 3.92. The van der Waals surface area contributed by atoms with Gasteiger partial charge in [-0.2, -0.15) is 0 Å². The van der Waals surface area contributed by atoms with Crippen molar-refractivity contribution in [1.82, 2.24) is 4.90 Å². The van der Waals surface area contributed by atoms with Crippen molar-refractivity contribution in [3.8, 4) is 0 Å². The van der Waals surface area contributed by atoms with E-state index in [-0.39, 0.29) is 11.5 Å². The fourth-order valence-electron chi connectivity index (χ4n) is 4.27. The van der Waals surface area contributed by atoms with E-state index in [9.17, 15) is 14.6 Å². The van der Waals surface area contributed by atoms with Gasteiger partial charge < -0.3 is 15.1 Å². The number of benzene rings is 1. The maximum absolute atomic E-state index is 14.3. The van der Waals surface area contributed by atoms with E-state index in [1.807, 2.05) is 13.8 Å². The number of nitrogens with zero attached hydrogens (tertiary/aromatic N) is 1.